The highest BCUT2D eigenvalue weighted by atomic mass is 32.2. The van der Waals surface area contributed by atoms with Gasteiger partial charge in [0.05, 0.1) is 6.61 Å². The van der Waals surface area contributed by atoms with Crippen molar-refractivity contribution in [2.24, 2.45) is 0 Å². The first-order valence-corrected chi connectivity index (χ1v) is 7.99. The Hall–Kier alpha value is -1.95. The lowest BCUT2D eigenvalue weighted by Gasteiger charge is -2.09. The highest BCUT2D eigenvalue weighted by Gasteiger charge is 2.05. The van der Waals surface area contributed by atoms with Crippen LogP contribution >= 0.6 is 11.8 Å². The lowest BCUT2D eigenvalue weighted by molar-refractivity contribution is 0.317. The monoisotopic (exact) mass is 305 g/mol. The lowest BCUT2D eigenvalue weighted by Crippen LogP contribution is -1.98. The molecule has 2 rings (SSSR count). The van der Waals surface area contributed by atoms with Crippen molar-refractivity contribution in [2.75, 3.05) is 25.2 Å². The number of thioether (sulfide) groups is 1. The SMILES string of the molecule is CCCOc1ccc(Oc2cc(NC)nc(SC)n2)cc1. The second-order valence-corrected chi connectivity index (χ2v) is 5.02. The summed E-state index contributed by atoms with van der Waals surface area (Å²) in [5.74, 6) is 2.80. The van der Waals surface area contributed by atoms with E-state index in [9.17, 15) is 0 Å². The first-order valence-electron chi connectivity index (χ1n) is 6.76. The molecule has 1 aromatic heterocycles. The minimum atomic E-state index is 0.515. The molecule has 1 N–H and O–H groups in total. The maximum absolute atomic E-state index is 5.76. The Morgan fingerprint density at radius 3 is 2.48 bits per heavy atom. The van der Waals surface area contributed by atoms with Crippen LogP contribution in [0, 0.1) is 0 Å². The van der Waals surface area contributed by atoms with Gasteiger partial charge in [0, 0.05) is 13.1 Å². The maximum Gasteiger partial charge on any atom is 0.225 e. The van der Waals surface area contributed by atoms with E-state index in [4.69, 9.17) is 9.47 Å². The summed E-state index contributed by atoms with van der Waals surface area (Å²) in [5.41, 5.74) is 0. The van der Waals surface area contributed by atoms with Gasteiger partial charge in [-0.15, -0.1) is 0 Å². The van der Waals surface area contributed by atoms with Crippen LogP contribution in [0.3, 0.4) is 0 Å². The summed E-state index contributed by atoms with van der Waals surface area (Å²) in [7, 11) is 1.82. The number of nitrogens with zero attached hydrogens (tertiary/aromatic N) is 2. The molecular weight excluding hydrogens is 286 g/mol. The van der Waals surface area contributed by atoms with Crippen molar-refractivity contribution in [2.45, 2.75) is 18.5 Å². The van der Waals surface area contributed by atoms with Crippen molar-refractivity contribution in [1.29, 1.82) is 0 Å². The van der Waals surface area contributed by atoms with Crippen molar-refractivity contribution >= 4 is 17.6 Å². The molecule has 21 heavy (non-hydrogen) atoms. The Morgan fingerprint density at radius 1 is 1.14 bits per heavy atom. The second kappa shape index (κ2) is 7.73. The number of anilines is 1. The molecule has 0 saturated carbocycles. The largest absolute Gasteiger partial charge is 0.494 e. The first-order chi connectivity index (χ1) is 10.2. The van der Waals surface area contributed by atoms with Crippen LogP contribution in [-0.2, 0) is 0 Å². The van der Waals surface area contributed by atoms with E-state index in [1.807, 2.05) is 37.6 Å². The van der Waals surface area contributed by atoms with Crippen LogP contribution in [0.5, 0.6) is 17.4 Å². The standard InChI is InChI=1S/C15H19N3O2S/c1-4-9-19-11-5-7-12(8-6-11)20-14-10-13(16-2)17-15(18-14)21-3/h5-8,10H,4,9H2,1-3H3,(H,16,17,18). The number of hydrogen-bond acceptors (Lipinski definition) is 6. The molecule has 0 bridgehead atoms. The van der Waals surface area contributed by atoms with Crippen LogP contribution in [0.25, 0.3) is 0 Å². The van der Waals surface area contributed by atoms with Crippen molar-refractivity contribution in [3.63, 3.8) is 0 Å². The third kappa shape index (κ3) is 4.53. The Labute approximate surface area is 129 Å². The third-order valence-electron chi connectivity index (χ3n) is 2.64. The summed E-state index contributed by atoms with van der Waals surface area (Å²) >= 11 is 1.47. The molecule has 0 unspecified atom stereocenters. The van der Waals surface area contributed by atoms with Gasteiger partial charge in [0.15, 0.2) is 5.16 Å². The summed E-state index contributed by atoms with van der Waals surface area (Å²) in [5, 5.41) is 3.66. The predicted octanol–water partition coefficient (Wildman–Crippen LogP) is 3.82. The Kier molecular flexibility index (Phi) is 5.68. The molecule has 0 amide bonds. The van der Waals surface area contributed by atoms with Crippen LogP contribution in [0.15, 0.2) is 35.5 Å². The van der Waals surface area contributed by atoms with E-state index in [1.165, 1.54) is 11.8 Å². The second-order valence-electron chi connectivity index (χ2n) is 4.25. The fourth-order valence-electron chi connectivity index (χ4n) is 1.62. The van der Waals surface area contributed by atoms with Crippen molar-refractivity contribution in [3.8, 4) is 17.4 Å². The number of aromatic nitrogens is 2. The molecule has 2 aromatic rings. The van der Waals surface area contributed by atoms with E-state index in [1.54, 1.807) is 6.07 Å². The fourth-order valence-corrected chi connectivity index (χ4v) is 1.99. The van der Waals surface area contributed by atoms with E-state index in [-0.39, 0.29) is 0 Å². The predicted molar refractivity (Wildman–Crippen MR) is 85.7 cm³/mol. The summed E-state index contributed by atoms with van der Waals surface area (Å²) in [6, 6.07) is 9.28. The van der Waals surface area contributed by atoms with Crippen molar-refractivity contribution < 1.29 is 9.47 Å². The molecule has 112 valence electrons. The fraction of sp³-hybridized carbons (Fsp3) is 0.333. The van der Waals surface area contributed by atoms with E-state index in [0.29, 0.717) is 23.4 Å². The van der Waals surface area contributed by atoms with Gasteiger partial charge in [-0.05, 0) is 36.9 Å². The molecule has 6 heteroatoms. The first kappa shape index (κ1) is 15.4. The van der Waals surface area contributed by atoms with Gasteiger partial charge in [-0.25, -0.2) is 4.98 Å². The van der Waals surface area contributed by atoms with Gasteiger partial charge < -0.3 is 14.8 Å². The van der Waals surface area contributed by atoms with Crippen molar-refractivity contribution in [3.05, 3.63) is 30.3 Å². The van der Waals surface area contributed by atoms with Crippen molar-refractivity contribution in [1.82, 2.24) is 9.97 Å². The molecule has 5 nitrogen and oxygen atoms in total. The average Bonchev–Trinajstić information content (AvgIpc) is 2.53. The molecule has 0 spiro atoms. The maximum atomic E-state index is 5.76. The molecule has 0 saturated heterocycles. The van der Waals surface area contributed by atoms with Crippen LogP contribution in [0.2, 0.25) is 0 Å². The van der Waals surface area contributed by atoms with E-state index in [2.05, 4.69) is 22.2 Å². The zero-order valence-electron chi connectivity index (χ0n) is 12.4. The molecular formula is C15H19N3O2S. The van der Waals surface area contributed by atoms with Gasteiger partial charge in [-0.3, -0.25) is 0 Å². The van der Waals surface area contributed by atoms with Gasteiger partial charge in [0.25, 0.3) is 0 Å². The summed E-state index contributed by atoms with van der Waals surface area (Å²) in [6.07, 6.45) is 2.92. The molecule has 1 aromatic carbocycles. The topological polar surface area (TPSA) is 56.3 Å². The Morgan fingerprint density at radius 2 is 1.86 bits per heavy atom. The van der Waals surface area contributed by atoms with Gasteiger partial charge in [0.1, 0.15) is 17.3 Å². The van der Waals surface area contributed by atoms with Gasteiger partial charge in [-0.1, -0.05) is 18.7 Å². The number of benzene rings is 1. The highest BCUT2D eigenvalue weighted by molar-refractivity contribution is 7.98. The summed E-state index contributed by atoms with van der Waals surface area (Å²) in [6.45, 7) is 2.80. The van der Waals surface area contributed by atoms with Crippen LogP contribution < -0.4 is 14.8 Å². The smallest absolute Gasteiger partial charge is 0.225 e. The molecule has 0 radical (unpaired) electrons. The molecule has 0 atom stereocenters. The minimum Gasteiger partial charge on any atom is -0.494 e. The van der Waals surface area contributed by atoms with E-state index >= 15 is 0 Å². The number of nitrogens with one attached hydrogen (secondary N) is 1. The minimum absolute atomic E-state index is 0.515. The third-order valence-corrected chi connectivity index (χ3v) is 3.19. The number of rotatable bonds is 7. The zero-order chi connectivity index (χ0) is 15.1. The molecule has 0 aliphatic rings. The number of ether oxygens (including phenoxy) is 2. The van der Waals surface area contributed by atoms with Gasteiger partial charge in [0.2, 0.25) is 5.88 Å². The van der Waals surface area contributed by atoms with Gasteiger partial charge >= 0.3 is 0 Å². The lowest BCUT2D eigenvalue weighted by atomic mass is 10.3. The van der Waals surface area contributed by atoms with E-state index in [0.717, 1.165) is 18.0 Å². The van der Waals surface area contributed by atoms with Gasteiger partial charge in [-0.2, -0.15) is 4.98 Å². The normalized spacial score (nSPS) is 10.2. The molecule has 0 fully saturated rings. The highest BCUT2D eigenvalue weighted by Crippen LogP contribution is 2.25. The molecule has 0 aliphatic heterocycles. The van der Waals surface area contributed by atoms with Crippen LogP contribution in [0.4, 0.5) is 5.82 Å². The quantitative estimate of drug-likeness (QED) is 0.620. The average molecular weight is 305 g/mol. The zero-order valence-corrected chi connectivity index (χ0v) is 13.2. The molecule has 0 aliphatic carbocycles. The summed E-state index contributed by atoms with van der Waals surface area (Å²) < 4.78 is 11.3. The van der Waals surface area contributed by atoms with Crippen LogP contribution in [-0.4, -0.2) is 29.9 Å². The Bertz CT molecular complexity index is 553. The number of hydrogen-bond donors (Lipinski definition) is 1. The Balaban J connectivity index is 2.10. The van der Waals surface area contributed by atoms with Crippen LogP contribution in [0.1, 0.15) is 13.3 Å². The van der Waals surface area contributed by atoms with E-state index < -0.39 is 0 Å². The molecule has 1 heterocycles. The summed E-state index contributed by atoms with van der Waals surface area (Å²) in [4.78, 5) is 8.63.